The number of hydrogen-bond donors (Lipinski definition) is 0. The van der Waals surface area contributed by atoms with Gasteiger partial charge in [0.1, 0.15) is 5.82 Å². The average molecular weight is 358 g/mol. The molecule has 1 heterocycles. The highest BCUT2D eigenvalue weighted by Gasteiger charge is 2.15. The Kier molecular flexibility index (Phi) is 6.69. The number of halogens is 1. The maximum Gasteiger partial charge on any atom is 0.246 e. The molecule has 0 fully saturated rings. The Morgan fingerprint density at radius 3 is 2.50 bits per heavy atom. The zero-order valence-corrected chi connectivity index (χ0v) is 16.2. The second-order valence-electron chi connectivity index (χ2n) is 6.70. The molecule has 1 amide bonds. The van der Waals surface area contributed by atoms with E-state index >= 15 is 0 Å². The minimum Gasteiger partial charge on any atom is -0.333 e. The van der Waals surface area contributed by atoms with Crippen molar-refractivity contribution in [2.24, 2.45) is 7.05 Å². The lowest BCUT2D eigenvalue weighted by atomic mass is 10.1. The lowest BCUT2D eigenvalue weighted by Gasteiger charge is -2.23. The van der Waals surface area contributed by atoms with E-state index in [1.165, 1.54) is 6.07 Å². The Hall–Kier alpha value is -2.47. The van der Waals surface area contributed by atoms with E-state index in [-0.39, 0.29) is 18.3 Å². The quantitative estimate of drug-likeness (QED) is 0.715. The fourth-order valence-corrected chi connectivity index (χ4v) is 2.71. The van der Waals surface area contributed by atoms with Crippen LogP contribution in [0.3, 0.4) is 0 Å². The Morgan fingerprint density at radius 1 is 1.23 bits per heavy atom. The summed E-state index contributed by atoms with van der Waals surface area (Å²) in [7, 11) is 5.77. The van der Waals surface area contributed by atoms with Crippen LogP contribution in [0.15, 0.2) is 30.3 Å². The molecule has 0 saturated carbocycles. The Bertz CT molecular complexity index is 795. The van der Waals surface area contributed by atoms with Crippen LogP contribution in [0.5, 0.6) is 0 Å². The number of carbonyl (C=O) groups is 1. The number of aryl methyl sites for hydroxylation is 2. The molecular weight excluding hydrogens is 331 g/mol. The highest BCUT2D eigenvalue weighted by Crippen LogP contribution is 2.15. The molecule has 0 radical (unpaired) electrons. The second kappa shape index (κ2) is 8.76. The fraction of sp³-hybridized carbons (Fsp3) is 0.400. The number of aromatic nitrogens is 2. The third-order valence-electron chi connectivity index (χ3n) is 4.41. The summed E-state index contributed by atoms with van der Waals surface area (Å²) >= 11 is 0. The minimum absolute atomic E-state index is 0.141. The summed E-state index contributed by atoms with van der Waals surface area (Å²) < 4.78 is 15.8. The van der Waals surface area contributed by atoms with Gasteiger partial charge in [-0.15, -0.1) is 0 Å². The maximum absolute atomic E-state index is 14.0. The van der Waals surface area contributed by atoms with Gasteiger partial charge in [-0.2, -0.15) is 5.10 Å². The number of hydrogen-bond acceptors (Lipinski definition) is 3. The second-order valence-corrected chi connectivity index (χ2v) is 6.70. The van der Waals surface area contributed by atoms with Gasteiger partial charge in [-0.05, 0) is 40.1 Å². The summed E-state index contributed by atoms with van der Waals surface area (Å²) in [5.41, 5.74) is 3.34. The lowest BCUT2D eigenvalue weighted by Crippen LogP contribution is -2.35. The smallest absolute Gasteiger partial charge is 0.246 e. The van der Waals surface area contributed by atoms with Crippen molar-refractivity contribution in [3.05, 3.63) is 58.7 Å². The molecular formula is C20H27FN4O. The van der Waals surface area contributed by atoms with Crippen LogP contribution in [0.25, 0.3) is 6.08 Å². The van der Waals surface area contributed by atoms with Crippen molar-refractivity contribution in [3.8, 4) is 0 Å². The van der Waals surface area contributed by atoms with Crippen LogP contribution < -0.4 is 0 Å². The SMILES string of the molecule is Cc1nn(C)c(C)c1/C=C\C(=O)N(CCN(C)C)Cc1ccccc1F. The summed E-state index contributed by atoms with van der Waals surface area (Å²) in [6.07, 6.45) is 3.34. The fourth-order valence-electron chi connectivity index (χ4n) is 2.71. The number of amides is 1. The van der Waals surface area contributed by atoms with E-state index in [9.17, 15) is 9.18 Å². The molecule has 1 aromatic carbocycles. The van der Waals surface area contributed by atoms with Crippen LogP contribution in [0.4, 0.5) is 4.39 Å². The van der Waals surface area contributed by atoms with Gasteiger partial charge in [-0.3, -0.25) is 9.48 Å². The molecule has 0 aliphatic rings. The highest BCUT2D eigenvalue weighted by molar-refractivity contribution is 5.92. The van der Waals surface area contributed by atoms with E-state index in [0.29, 0.717) is 18.7 Å². The van der Waals surface area contributed by atoms with Gasteiger partial charge in [0, 0.05) is 49.6 Å². The minimum atomic E-state index is -0.293. The molecule has 26 heavy (non-hydrogen) atoms. The van der Waals surface area contributed by atoms with Gasteiger partial charge in [0.05, 0.1) is 5.69 Å². The van der Waals surface area contributed by atoms with Gasteiger partial charge < -0.3 is 9.80 Å². The molecule has 2 aromatic rings. The molecule has 140 valence electrons. The third kappa shape index (κ3) is 5.02. The molecule has 0 spiro atoms. The number of benzene rings is 1. The van der Waals surface area contributed by atoms with Crippen LogP contribution in [0.1, 0.15) is 22.5 Å². The van der Waals surface area contributed by atoms with Gasteiger partial charge in [0.2, 0.25) is 5.91 Å². The summed E-state index contributed by atoms with van der Waals surface area (Å²) in [4.78, 5) is 16.4. The van der Waals surface area contributed by atoms with Crippen molar-refractivity contribution in [2.75, 3.05) is 27.2 Å². The predicted octanol–water partition coefficient (Wildman–Crippen LogP) is 2.78. The Labute approximate surface area is 154 Å². The van der Waals surface area contributed by atoms with Gasteiger partial charge in [0.15, 0.2) is 0 Å². The van der Waals surface area contributed by atoms with Crippen molar-refractivity contribution in [3.63, 3.8) is 0 Å². The highest BCUT2D eigenvalue weighted by atomic mass is 19.1. The van der Waals surface area contributed by atoms with Crippen LogP contribution in [-0.2, 0) is 18.4 Å². The molecule has 5 nitrogen and oxygen atoms in total. The molecule has 0 aliphatic carbocycles. The number of carbonyl (C=O) groups excluding carboxylic acids is 1. The number of likely N-dealkylation sites (N-methyl/N-ethyl adjacent to an activating group) is 1. The predicted molar refractivity (Wildman–Crippen MR) is 102 cm³/mol. The van der Waals surface area contributed by atoms with Crippen molar-refractivity contribution < 1.29 is 9.18 Å². The average Bonchev–Trinajstić information content (AvgIpc) is 2.83. The van der Waals surface area contributed by atoms with Crippen molar-refractivity contribution in [1.29, 1.82) is 0 Å². The van der Waals surface area contributed by atoms with Crippen LogP contribution in [0, 0.1) is 19.7 Å². The van der Waals surface area contributed by atoms with E-state index in [0.717, 1.165) is 17.0 Å². The first-order valence-electron chi connectivity index (χ1n) is 8.65. The molecule has 0 unspecified atom stereocenters. The Morgan fingerprint density at radius 2 is 1.92 bits per heavy atom. The first-order valence-corrected chi connectivity index (χ1v) is 8.65. The van der Waals surface area contributed by atoms with Crippen molar-refractivity contribution >= 4 is 12.0 Å². The maximum atomic E-state index is 14.0. The Balaban J connectivity index is 2.19. The number of nitrogens with zero attached hydrogens (tertiary/aromatic N) is 4. The molecule has 0 atom stereocenters. The largest absolute Gasteiger partial charge is 0.333 e. The van der Waals surface area contributed by atoms with Crippen LogP contribution in [0.2, 0.25) is 0 Å². The van der Waals surface area contributed by atoms with Gasteiger partial charge >= 0.3 is 0 Å². The first kappa shape index (κ1) is 19.8. The van der Waals surface area contributed by atoms with E-state index in [2.05, 4.69) is 5.10 Å². The molecule has 0 N–H and O–H groups in total. The van der Waals surface area contributed by atoms with Crippen molar-refractivity contribution in [1.82, 2.24) is 19.6 Å². The molecule has 0 aliphatic heterocycles. The first-order chi connectivity index (χ1) is 12.3. The van der Waals surface area contributed by atoms with E-state index in [1.807, 2.05) is 39.9 Å². The number of rotatable bonds is 7. The summed E-state index contributed by atoms with van der Waals surface area (Å²) in [5.74, 6) is -0.434. The standard InChI is InChI=1S/C20H27FN4O/c1-15-18(16(2)24(5)22-15)10-11-20(26)25(13-12-23(3)4)14-17-8-6-7-9-19(17)21/h6-11H,12-14H2,1-5H3/b11-10-. The normalized spacial score (nSPS) is 11.5. The lowest BCUT2D eigenvalue weighted by molar-refractivity contribution is -0.126. The van der Waals surface area contributed by atoms with E-state index < -0.39 is 0 Å². The van der Waals surface area contributed by atoms with E-state index in [4.69, 9.17) is 0 Å². The summed E-state index contributed by atoms with van der Waals surface area (Å²) in [6.45, 7) is 5.36. The van der Waals surface area contributed by atoms with Gasteiger partial charge in [-0.1, -0.05) is 18.2 Å². The zero-order valence-electron chi connectivity index (χ0n) is 16.2. The van der Waals surface area contributed by atoms with Gasteiger partial charge in [-0.25, -0.2) is 4.39 Å². The summed E-state index contributed by atoms with van der Waals surface area (Å²) in [6, 6.07) is 6.57. The monoisotopic (exact) mass is 358 g/mol. The van der Waals surface area contributed by atoms with E-state index in [1.54, 1.807) is 39.9 Å². The molecule has 0 bridgehead atoms. The van der Waals surface area contributed by atoms with Gasteiger partial charge in [0.25, 0.3) is 0 Å². The van der Waals surface area contributed by atoms with Crippen molar-refractivity contribution in [2.45, 2.75) is 20.4 Å². The zero-order chi connectivity index (χ0) is 19.3. The van der Waals surface area contributed by atoms with Crippen LogP contribution >= 0.6 is 0 Å². The van der Waals surface area contributed by atoms with Crippen LogP contribution in [-0.4, -0.2) is 52.7 Å². The molecule has 6 heteroatoms. The summed E-state index contributed by atoms with van der Waals surface area (Å²) in [5, 5.41) is 4.36. The third-order valence-corrected chi connectivity index (χ3v) is 4.41. The molecule has 2 rings (SSSR count). The molecule has 0 saturated heterocycles. The molecule has 1 aromatic heterocycles. The topological polar surface area (TPSA) is 41.4 Å².